The van der Waals surface area contributed by atoms with Crippen molar-refractivity contribution in [1.82, 2.24) is 4.72 Å². The van der Waals surface area contributed by atoms with E-state index in [9.17, 15) is 23.6 Å². The third-order valence-corrected chi connectivity index (χ3v) is 4.71. The summed E-state index contributed by atoms with van der Waals surface area (Å²) in [5.74, 6) is -2.08. The molecule has 2 aromatic carbocycles. The lowest BCUT2D eigenvalue weighted by molar-refractivity contribution is -0.117. The van der Waals surface area contributed by atoms with E-state index in [-0.39, 0.29) is 12.2 Å². The van der Waals surface area contributed by atoms with Gasteiger partial charge in [-0.15, -0.1) is 4.72 Å². The molecule has 26 heavy (non-hydrogen) atoms. The highest BCUT2D eigenvalue weighted by atomic mass is 35.5. The molecule has 3 amide bonds. The van der Waals surface area contributed by atoms with Crippen molar-refractivity contribution in [2.45, 2.75) is 0 Å². The average Bonchev–Trinajstić information content (AvgIpc) is 2.87. The molecule has 1 aliphatic rings. The van der Waals surface area contributed by atoms with Crippen molar-refractivity contribution in [3.8, 4) is 5.75 Å². The highest BCUT2D eigenvalue weighted by molar-refractivity contribution is 7.92. The number of carbonyl (C=O) groups excluding carboxylic acids is 2. The first-order valence-electron chi connectivity index (χ1n) is 7.18. The van der Waals surface area contributed by atoms with Crippen LogP contribution in [0.5, 0.6) is 5.75 Å². The van der Waals surface area contributed by atoms with E-state index < -0.39 is 40.7 Å². The minimum absolute atomic E-state index is 0.0283. The number of nitrogens with zero attached hydrogens (tertiary/aromatic N) is 1. The zero-order valence-electron chi connectivity index (χ0n) is 13.0. The van der Waals surface area contributed by atoms with E-state index in [2.05, 4.69) is 15.4 Å². The average molecular weight is 399 g/mol. The lowest BCUT2D eigenvalue weighted by Crippen LogP contribution is -2.30. The molecule has 0 aromatic heterocycles. The fourth-order valence-electron chi connectivity index (χ4n) is 2.27. The SMILES string of the molecule is O=C1CN(c2c(O)cc(NC(=O)Nc3ccc(Cl)cc3)cc2F)[S+]([O-])N1. The monoisotopic (exact) mass is 398 g/mol. The molecule has 1 fully saturated rings. The first-order valence-corrected chi connectivity index (χ1v) is 8.67. The topological polar surface area (TPSA) is 117 Å². The zero-order valence-corrected chi connectivity index (χ0v) is 14.5. The van der Waals surface area contributed by atoms with E-state index in [1.54, 1.807) is 24.3 Å². The van der Waals surface area contributed by atoms with E-state index in [1.807, 2.05) is 0 Å². The Hall–Kier alpha value is -2.69. The third kappa shape index (κ3) is 3.93. The summed E-state index contributed by atoms with van der Waals surface area (Å²) < 4.78 is 29.0. The smallest absolute Gasteiger partial charge is 0.323 e. The molecule has 0 spiro atoms. The number of carbonyl (C=O) groups is 2. The van der Waals surface area contributed by atoms with E-state index in [1.165, 1.54) is 0 Å². The Morgan fingerprint density at radius 2 is 1.92 bits per heavy atom. The minimum atomic E-state index is -1.98. The van der Waals surface area contributed by atoms with Crippen LogP contribution in [0.1, 0.15) is 0 Å². The molecule has 1 saturated heterocycles. The summed E-state index contributed by atoms with van der Waals surface area (Å²) in [5, 5.41) is 15.4. The molecule has 1 aliphatic heterocycles. The number of amides is 3. The summed E-state index contributed by atoms with van der Waals surface area (Å²) in [7, 11) is 0. The van der Waals surface area contributed by atoms with Gasteiger partial charge in [0, 0.05) is 28.5 Å². The molecule has 11 heteroatoms. The van der Waals surface area contributed by atoms with Crippen LogP contribution in [0.3, 0.4) is 0 Å². The van der Waals surface area contributed by atoms with Crippen LogP contribution in [0.4, 0.5) is 26.2 Å². The molecule has 1 unspecified atom stereocenters. The molecule has 136 valence electrons. The highest BCUT2D eigenvalue weighted by Crippen LogP contribution is 2.36. The number of hydrogen-bond acceptors (Lipinski definition) is 5. The lowest BCUT2D eigenvalue weighted by Gasteiger charge is -2.18. The van der Waals surface area contributed by atoms with E-state index in [0.717, 1.165) is 16.4 Å². The molecule has 2 aromatic rings. The molecular formula is C15H12ClFN4O4S. The van der Waals surface area contributed by atoms with Crippen molar-refractivity contribution < 1.29 is 23.6 Å². The van der Waals surface area contributed by atoms with Gasteiger partial charge >= 0.3 is 6.03 Å². The summed E-state index contributed by atoms with van der Waals surface area (Å²) in [4.78, 5) is 23.2. The second kappa shape index (κ2) is 7.28. The Kier molecular flexibility index (Phi) is 5.07. The van der Waals surface area contributed by atoms with Crippen molar-refractivity contribution in [2.24, 2.45) is 0 Å². The van der Waals surface area contributed by atoms with Gasteiger partial charge in [0.15, 0.2) is 29.6 Å². The molecule has 1 atom stereocenters. The van der Waals surface area contributed by atoms with Crippen LogP contribution in [0, 0.1) is 5.82 Å². The van der Waals surface area contributed by atoms with Gasteiger partial charge in [-0.05, 0) is 24.3 Å². The second-order valence-corrected chi connectivity index (χ2v) is 6.80. The van der Waals surface area contributed by atoms with E-state index in [4.69, 9.17) is 11.6 Å². The van der Waals surface area contributed by atoms with Crippen LogP contribution in [0.2, 0.25) is 5.02 Å². The fourth-order valence-corrected chi connectivity index (χ4v) is 3.34. The van der Waals surface area contributed by atoms with Crippen molar-refractivity contribution in [3.63, 3.8) is 0 Å². The Morgan fingerprint density at radius 1 is 1.27 bits per heavy atom. The predicted octanol–water partition coefficient (Wildman–Crippen LogP) is 2.34. The van der Waals surface area contributed by atoms with Crippen LogP contribution >= 0.6 is 11.6 Å². The van der Waals surface area contributed by atoms with Crippen molar-refractivity contribution >= 4 is 52.1 Å². The van der Waals surface area contributed by atoms with Crippen LogP contribution < -0.4 is 19.7 Å². The molecule has 0 saturated carbocycles. The summed E-state index contributed by atoms with van der Waals surface area (Å²) >= 11 is 3.77. The molecule has 1 heterocycles. The van der Waals surface area contributed by atoms with Gasteiger partial charge in [0.25, 0.3) is 5.91 Å². The predicted molar refractivity (Wildman–Crippen MR) is 95.8 cm³/mol. The van der Waals surface area contributed by atoms with Crippen LogP contribution in [0.15, 0.2) is 36.4 Å². The number of phenols is 1. The zero-order chi connectivity index (χ0) is 18.8. The molecule has 4 N–H and O–H groups in total. The van der Waals surface area contributed by atoms with Gasteiger partial charge in [-0.1, -0.05) is 11.6 Å². The van der Waals surface area contributed by atoms with Crippen LogP contribution in [0.25, 0.3) is 0 Å². The normalized spacial score (nSPS) is 16.3. The van der Waals surface area contributed by atoms with Gasteiger partial charge in [-0.3, -0.25) is 4.79 Å². The standard InChI is InChI=1S/C15H12ClFN4O4S/c16-8-1-3-9(4-2-8)18-15(24)19-10-5-11(17)14(12(22)6-10)21-7-13(23)20-26(21)25/h1-6,22H,7H2,(H,20,23)(H2,18,19,24). The maximum absolute atomic E-state index is 14.3. The Morgan fingerprint density at radius 3 is 2.50 bits per heavy atom. The molecule has 8 nitrogen and oxygen atoms in total. The van der Waals surface area contributed by atoms with Crippen molar-refractivity contribution in [1.29, 1.82) is 0 Å². The molecule has 0 bridgehead atoms. The van der Waals surface area contributed by atoms with Gasteiger partial charge in [-0.2, -0.15) is 4.31 Å². The Bertz CT molecular complexity index is 844. The molecule has 3 rings (SSSR count). The number of rotatable bonds is 3. The van der Waals surface area contributed by atoms with Gasteiger partial charge in [0.2, 0.25) is 0 Å². The Labute approximate surface area is 155 Å². The second-order valence-electron chi connectivity index (χ2n) is 5.22. The summed E-state index contributed by atoms with van der Waals surface area (Å²) in [6.45, 7) is -0.360. The number of aromatic hydroxyl groups is 1. The maximum atomic E-state index is 14.3. The van der Waals surface area contributed by atoms with E-state index in [0.29, 0.717) is 10.7 Å². The van der Waals surface area contributed by atoms with Crippen molar-refractivity contribution in [3.05, 3.63) is 47.2 Å². The minimum Gasteiger partial charge on any atom is -0.568 e. The van der Waals surface area contributed by atoms with E-state index >= 15 is 0 Å². The first kappa shape index (κ1) is 18.1. The summed E-state index contributed by atoms with van der Waals surface area (Å²) in [6, 6.07) is 7.69. The summed E-state index contributed by atoms with van der Waals surface area (Å²) in [5.41, 5.74) is 0.0371. The van der Waals surface area contributed by atoms with Gasteiger partial charge < -0.3 is 20.3 Å². The number of urea groups is 1. The Balaban J connectivity index is 1.74. The lowest BCUT2D eigenvalue weighted by atomic mass is 10.2. The summed E-state index contributed by atoms with van der Waals surface area (Å²) in [6.07, 6.45) is 0. The quantitative estimate of drug-likeness (QED) is 0.592. The maximum Gasteiger partial charge on any atom is 0.323 e. The molecule has 0 radical (unpaired) electrons. The van der Waals surface area contributed by atoms with Gasteiger partial charge in [-0.25, -0.2) is 9.18 Å². The molecular weight excluding hydrogens is 387 g/mol. The number of benzene rings is 2. The molecule has 0 aliphatic carbocycles. The van der Waals surface area contributed by atoms with Crippen LogP contribution in [-0.4, -0.2) is 28.1 Å². The fraction of sp³-hybridized carbons (Fsp3) is 0.0667. The first-order chi connectivity index (χ1) is 12.3. The van der Waals surface area contributed by atoms with Gasteiger partial charge in [0.05, 0.1) is 0 Å². The van der Waals surface area contributed by atoms with Crippen molar-refractivity contribution in [2.75, 3.05) is 21.5 Å². The number of nitrogens with one attached hydrogen (secondary N) is 3. The van der Waals surface area contributed by atoms with Gasteiger partial charge in [0.1, 0.15) is 5.75 Å². The largest absolute Gasteiger partial charge is 0.568 e. The van der Waals surface area contributed by atoms with Crippen LogP contribution in [-0.2, 0) is 16.3 Å². The number of hydrogen-bond donors (Lipinski definition) is 4. The number of halogens is 2. The number of anilines is 3. The number of phenolic OH excluding ortho intramolecular Hbond substituents is 1. The highest BCUT2D eigenvalue weighted by Gasteiger charge is 2.37. The third-order valence-electron chi connectivity index (χ3n) is 3.34.